The third-order valence-corrected chi connectivity index (χ3v) is 4.39. The lowest BCUT2D eigenvalue weighted by atomic mass is 9.89. The smallest absolute Gasteiger partial charge is 0.228 e. The molecule has 1 saturated heterocycles. The molecule has 1 aliphatic heterocycles. The fraction of sp³-hybridized carbons (Fsp3) is 0.500. The predicted molar refractivity (Wildman–Crippen MR) is 81.2 cm³/mol. The van der Waals surface area contributed by atoms with Gasteiger partial charge in [-0.3, -0.25) is 9.78 Å². The van der Waals surface area contributed by atoms with Crippen molar-refractivity contribution in [3.8, 4) is 0 Å². The van der Waals surface area contributed by atoms with Crippen molar-refractivity contribution in [2.45, 2.75) is 32.3 Å². The molecular formula is C16H20N4O3. The lowest BCUT2D eigenvalue weighted by molar-refractivity contribution is -0.132. The minimum Gasteiger partial charge on any atom is -0.387 e. The lowest BCUT2D eigenvalue weighted by Gasteiger charge is -2.34. The van der Waals surface area contributed by atoms with Gasteiger partial charge in [0.2, 0.25) is 5.91 Å². The van der Waals surface area contributed by atoms with Crippen molar-refractivity contribution in [3.05, 3.63) is 41.5 Å². The Balaban J connectivity index is 1.54. The van der Waals surface area contributed by atoms with E-state index in [4.69, 9.17) is 0 Å². The Morgan fingerprint density at radius 1 is 1.39 bits per heavy atom. The molecule has 1 fully saturated rings. The zero-order valence-corrected chi connectivity index (χ0v) is 13.1. The van der Waals surface area contributed by atoms with E-state index in [2.05, 4.69) is 19.9 Å². The molecular weight excluding hydrogens is 296 g/mol. The number of carbonyl (C=O) groups is 1. The molecule has 2 aromatic heterocycles. The summed E-state index contributed by atoms with van der Waals surface area (Å²) in [7, 11) is 0. The number of aryl methyl sites for hydroxylation is 1. The van der Waals surface area contributed by atoms with E-state index in [1.54, 1.807) is 13.1 Å². The number of aliphatic hydroxyl groups excluding tert-OH is 1. The first-order valence-corrected chi connectivity index (χ1v) is 7.80. The molecule has 0 bridgehead atoms. The van der Waals surface area contributed by atoms with Crippen molar-refractivity contribution >= 4 is 5.91 Å². The summed E-state index contributed by atoms with van der Waals surface area (Å²) in [6, 6.07) is 5.54. The van der Waals surface area contributed by atoms with Crippen molar-refractivity contribution in [1.82, 2.24) is 20.2 Å². The van der Waals surface area contributed by atoms with Crippen LogP contribution in [0.5, 0.6) is 0 Å². The Hall–Kier alpha value is -2.28. The summed E-state index contributed by atoms with van der Waals surface area (Å²) in [6.07, 6.45) is 2.85. The van der Waals surface area contributed by atoms with E-state index in [9.17, 15) is 9.90 Å². The van der Waals surface area contributed by atoms with Crippen LogP contribution in [0.25, 0.3) is 0 Å². The Kier molecular flexibility index (Phi) is 4.66. The fourth-order valence-corrected chi connectivity index (χ4v) is 2.92. The van der Waals surface area contributed by atoms with Crippen LogP contribution in [0.1, 0.15) is 36.0 Å². The van der Waals surface area contributed by atoms with Gasteiger partial charge in [0.15, 0.2) is 0 Å². The number of hydrogen-bond donors (Lipinski definition) is 1. The molecule has 0 aliphatic carbocycles. The summed E-state index contributed by atoms with van der Waals surface area (Å²) >= 11 is 0. The summed E-state index contributed by atoms with van der Waals surface area (Å²) in [5.41, 5.74) is 1.94. The van der Waals surface area contributed by atoms with Crippen LogP contribution < -0.4 is 0 Å². The lowest BCUT2D eigenvalue weighted by Crippen LogP contribution is -2.40. The molecule has 122 valence electrons. The molecule has 1 N–H and O–H groups in total. The van der Waals surface area contributed by atoms with E-state index in [1.807, 2.05) is 23.1 Å². The van der Waals surface area contributed by atoms with Crippen LogP contribution in [0.15, 0.2) is 29.0 Å². The van der Waals surface area contributed by atoms with Crippen molar-refractivity contribution in [2.24, 2.45) is 5.92 Å². The largest absolute Gasteiger partial charge is 0.387 e. The predicted octanol–water partition coefficient (Wildman–Crippen LogP) is 1.29. The molecule has 1 aliphatic rings. The van der Waals surface area contributed by atoms with Gasteiger partial charge in [0.05, 0.1) is 18.2 Å². The van der Waals surface area contributed by atoms with E-state index in [-0.39, 0.29) is 18.2 Å². The molecule has 0 radical (unpaired) electrons. The summed E-state index contributed by atoms with van der Waals surface area (Å²) in [6.45, 7) is 3.05. The van der Waals surface area contributed by atoms with E-state index < -0.39 is 6.10 Å². The maximum atomic E-state index is 12.3. The highest BCUT2D eigenvalue weighted by Gasteiger charge is 2.29. The van der Waals surface area contributed by atoms with E-state index in [0.29, 0.717) is 30.2 Å². The number of pyridine rings is 1. The molecule has 0 unspecified atom stereocenters. The Labute approximate surface area is 134 Å². The van der Waals surface area contributed by atoms with Crippen molar-refractivity contribution in [1.29, 1.82) is 0 Å². The summed E-state index contributed by atoms with van der Waals surface area (Å²) < 4.78 is 4.62. The van der Waals surface area contributed by atoms with Gasteiger partial charge in [-0.25, -0.2) is 4.63 Å². The molecule has 3 rings (SSSR count). The molecule has 1 atom stereocenters. The van der Waals surface area contributed by atoms with Gasteiger partial charge in [-0.15, -0.1) is 0 Å². The monoisotopic (exact) mass is 316 g/mol. The number of likely N-dealkylation sites (tertiary alicyclic amines) is 1. The molecule has 2 aromatic rings. The minimum atomic E-state index is -0.574. The molecule has 1 amide bonds. The second-order valence-corrected chi connectivity index (χ2v) is 5.89. The van der Waals surface area contributed by atoms with Crippen LogP contribution >= 0.6 is 0 Å². The normalized spacial score (nSPS) is 17.2. The average molecular weight is 316 g/mol. The van der Waals surface area contributed by atoms with Crippen LogP contribution in [0.3, 0.4) is 0 Å². The summed E-state index contributed by atoms with van der Waals surface area (Å²) in [5.74, 6) is 0.152. The highest BCUT2D eigenvalue weighted by molar-refractivity contribution is 5.78. The van der Waals surface area contributed by atoms with Gasteiger partial charge >= 0.3 is 0 Å². The van der Waals surface area contributed by atoms with Gasteiger partial charge in [-0.1, -0.05) is 16.4 Å². The van der Waals surface area contributed by atoms with E-state index >= 15 is 0 Å². The maximum absolute atomic E-state index is 12.3. The summed E-state index contributed by atoms with van der Waals surface area (Å²) in [4.78, 5) is 18.3. The standard InChI is InChI=1S/C16H20N4O3/c1-11-14(19-23-18-11)10-15(21)20-8-5-12(6-9-20)16(22)13-4-2-3-7-17-13/h2-4,7,12,16,22H,5-6,8-10H2,1H3/t16-/m1/s1. The number of carbonyl (C=O) groups excluding carboxylic acids is 1. The topological polar surface area (TPSA) is 92.4 Å². The molecule has 7 heteroatoms. The highest BCUT2D eigenvalue weighted by atomic mass is 16.6. The molecule has 0 aromatic carbocycles. The molecule has 23 heavy (non-hydrogen) atoms. The first-order chi connectivity index (χ1) is 11.1. The zero-order chi connectivity index (χ0) is 16.2. The second-order valence-electron chi connectivity index (χ2n) is 5.89. The number of nitrogens with zero attached hydrogens (tertiary/aromatic N) is 4. The first kappa shape index (κ1) is 15.6. The van der Waals surface area contributed by atoms with Crippen molar-refractivity contribution in [2.75, 3.05) is 13.1 Å². The average Bonchev–Trinajstić information content (AvgIpc) is 3.00. The maximum Gasteiger partial charge on any atom is 0.228 e. The number of rotatable bonds is 4. The van der Waals surface area contributed by atoms with Crippen LogP contribution in [-0.2, 0) is 11.2 Å². The molecule has 3 heterocycles. The zero-order valence-electron chi connectivity index (χ0n) is 13.1. The van der Waals surface area contributed by atoms with Gasteiger partial charge in [-0.05, 0) is 37.8 Å². The highest BCUT2D eigenvalue weighted by Crippen LogP contribution is 2.29. The van der Waals surface area contributed by atoms with Gasteiger partial charge in [-0.2, -0.15) is 0 Å². The van der Waals surface area contributed by atoms with Gasteiger partial charge in [0.25, 0.3) is 0 Å². The number of amides is 1. The van der Waals surface area contributed by atoms with Crippen LogP contribution in [0, 0.1) is 12.8 Å². The van der Waals surface area contributed by atoms with Crippen LogP contribution in [0.4, 0.5) is 0 Å². The number of aliphatic hydroxyl groups is 1. The van der Waals surface area contributed by atoms with E-state index in [1.165, 1.54) is 0 Å². The van der Waals surface area contributed by atoms with Crippen LogP contribution in [0.2, 0.25) is 0 Å². The van der Waals surface area contributed by atoms with Gasteiger partial charge in [0.1, 0.15) is 11.4 Å². The van der Waals surface area contributed by atoms with Crippen molar-refractivity contribution in [3.63, 3.8) is 0 Å². The fourth-order valence-electron chi connectivity index (χ4n) is 2.92. The number of hydrogen-bond acceptors (Lipinski definition) is 6. The molecule has 0 saturated carbocycles. The van der Waals surface area contributed by atoms with E-state index in [0.717, 1.165) is 12.8 Å². The number of piperidine rings is 1. The molecule has 7 nitrogen and oxygen atoms in total. The second kappa shape index (κ2) is 6.87. The van der Waals surface area contributed by atoms with Gasteiger partial charge < -0.3 is 10.0 Å². The minimum absolute atomic E-state index is 0.0228. The van der Waals surface area contributed by atoms with Crippen molar-refractivity contribution < 1.29 is 14.5 Å². The Morgan fingerprint density at radius 2 is 2.17 bits per heavy atom. The molecule has 0 spiro atoms. The van der Waals surface area contributed by atoms with Gasteiger partial charge in [0, 0.05) is 19.3 Å². The third kappa shape index (κ3) is 3.56. The van der Waals surface area contributed by atoms with Crippen LogP contribution in [-0.4, -0.2) is 44.3 Å². The third-order valence-electron chi connectivity index (χ3n) is 4.39. The Bertz CT molecular complexity index is 650. The summed E-state index contributed by atoms with van der Waals surface area (Å²) in [5, 5.41) is 17.9. The Morgan fingerprint density at radius 3 is 2.78 bits per heavy atom. The SMILES string of the molecule is Cc1nonc1CC(=O)N1CCC([C@@H](O)c2ccccn2)CC1. The first-order valence-electron chi connectivity index (χ1n) is 7.80. The number of aromatic nitrogens is 3. The quantitative estimate of drug-likeness (QED) is 0.913.